The van der Waals surface area contributed by atoms with Gasteiger partial charge in [-0.25, -0.2) is 4.39 Å². The van der Waals surface area contributed by atoms with Crippen LogP contribution in [0.4, 0.5) is 4.39 Å². The number of fused-ring (bicyclic) bond motifs is 1. The molecule has 1 heterocycles. The van der Waals surface area contributed by atoms with Crippen molar-refractivity contribution in [2.24, 2.45) is 11.8 Å². The van der Waals surface area contributed by atoms with Gasteiger partial charge in [0.05, 0.1) is 23.7 Å². The van der Waals surface area contributed by atoms with Crippen LogP contribution in [0.15, 0.2) is 42.5 Å². The van der Waals surface area contributed by atoms with E-state index in [1.165, 1.54) is 6.07 Å². The minimum atomic E-state index is -0.440. The second-order valence-electron chi connectivity index (χ2n) is 9.33. The Kier molecular flexibility index (Phi) is 6.62. The predicted octanol–water partition coefficient (Wildman–Crippen LogP) is 6.52. The van der Waals surface area contributed by atoms with Gasteiger partial charge >= 0.3 is 0 Å². The molecule has 166 valence electrons. The lowest BCUT2D eigenvalue weighted by molar-refractivity contribution is -0.153. The van der Waals surface area contributed by atoms with Crippen molar-refractivity contribution in [2.45, 2.75) is 63.7 Å². The molecule has 31 heavy (non-hydrogen) atoms. The minimum Gasteiger partial charge on any atom is -0.370 e. The summed E-state index contributed by atoms with van der Waals surface area (Å²) in [5, 5.41) is 4.08. The van der Waals surface area contributed by atoms with Crippen molar-refractivity contribution in [3.05, 3.63) is 69.5 Å². The SMILES string of the molecule is C[C@H]1CC[C@H]2[C@H](C1)O[C@H](c1ccc(F)c(Cl)c1)C[C@]2(C)NC(=O)Cc1ccc(Cl)cc1. The molecule has 1 aliphatic carbocycles. The molecule has 1 saturated carbocycles. The molecule has 0 spiro atoms. The fraction of sp³-hybridized carbons (Fsp3) is 0.480. The Morgan fingerprint density at radius 2 is 1.94 bits per heavy atom. The molecule has 1 aliphatic heterocycles. The van der Waals surface area contributed by atoms with Gasteiger partial charge in [-0.3, -0.25) is 4.79 Å². The fourth-order valence-electron chi connectivity index (χ4n) is 5.21. The predicted molar refractivity (Wildman–Crippen MR) is 122 cm³/mol. The monoisotopic (exact) mass is 463 g/mol. The molecule has 1 saturated heterocycles. The van der Waals surface area contributed by atoms with E-state index >= 15 is 0 Å². The van der Waals surface area contributed by atoms with Crippen molar-refractivity contribution >= 4 is 29.1 Å². The van der Waals surface area contributed by atoms with Gasteiger partial charge < -0.3 is 10.1 Å². The summed E-state index contributed by atoms with van der Waals surface area (Å²) >= 11 is 12.0. The van der Waals surface area contributed by atoms with E-state index in [-0.39, 0.29) is 29.1 Å². The zero-order valence-corrected chi connectivity index (χ0v) is 19.3. The van der Waals surface area contributed by atoms with Gasteiger partial charge in [0, 0.05) is 22.9 Å². The van der Waals surface area contributed by atoms with Crippen molar-refractivity contribution in [3.63, 3.8) is 0 Å². The van der Waals surface area contributed by atoms with Crippen molar-refractivity contribution in [1.82, 2.24) is 5.32 Å². The van der Waals surface area contributed by atoms with E-state index in [0.717, 1.165) is 30.4 Å². The summed E-state index contributed by atoms with van der Waals surface area (Å²) in [4.78, 5) is 13.0. The Morgan fingerprint density at radius 3 is 2.65 bits per heavy atom. The van der Waals surface area contributed by atoms with Gasteiger partial charge in [0.25, 0.3) is 0 Å². The summed E-state index contributed by atoms with van der Waals surface area (Å²) in [5.41, 5.74) is 1.35. The molecule has 5 atom stereocenters. The van der Waals surface area contributed by atoms with Gasteiger partial charge in [-0.05, 0) is 61.1 Å². The minimum absolute atomic E-state index is 0.0139. The number of carbonyl (C=O) groups is 1. The largest absolute Gasteiger partial charge is 0.370 e. The second-order valence-corrected chi connectivity index (χ2v) is 10.2. The lowest BCUT2D eigenvalue weighted by Crippen LogP contribution is -2.60. The number of hydrogen-bond acceptors (Lipinski definition) is 2. The fourth-order valence-corrected chi connectivity index (χ4v) is 5.52. The first-order valence-corrected chi connectivity index (χ1v) is 11.6. The highest BCUT2D eigenvalue weighted by Crippen LogP contribution is 2.48. The highest BCUT2D eigenvalue weighted by Gasteiger charge is 2.49. The number of carbonyl (C=O) groups excluding carboxylic acids is 1. The first-order valence-electron chi connectivity index (χ1n) is 10.9. The molecule has 0 bridgehead atoms. The van der Waals surface area contributed by atoms with Crippen LogP contribution in [0.1, 0.15) is 56.8 Å². The van der Waals surface area contributed by atoms with E-state index < -0.39 is 11.4 Å². The molecule has 1 N–H and O–H groups in total. The van der Waals surface area contributed by atoms with E-state index in [1.54, 1.807) is 24.3 Å². The molecule has 4 rings (SSSR count). The second kappa shape index (κ2) is 9.09. The molecule has 2 aliphatic rings. The zero-order chi connectivity index (χ0) is 22.2. The molecule has 0 aromatic heterocycles. The van der Waals surface area contributed by atoms with Gasteiger partial charge in [-0.2, -0.15) is 0 Å². The number of halogens is 3. The summed E-state index contributed by atoms with van der Waals surface area (Å²) < 4.78 is 20.2. The third kappa shape index (κ3) is 5.08. The van der Waals surface area contributed by atoms with Gasteiger partial charge in [0.1, 0.15) is 5.82 Å². The summed E-state index contributed by atoms with van der Waals surface area (Å²) in [7, 11) is 0. The quantitative estimate of drug-likeness (QED) is 0.560. The lowest BCUT2D eigenvalue weighted by Gasteiger charge is -2.52. The summed E-state index contributed by atoms with van der Waals surface area (Å²) in [6, 6.07) is 12.1. The van der Waals surface area contributed by atoms with Crippen molar-refractivity contribution < 1.29 is 13.9 Å². The molecular formula is C25H28Cl2FNO2. The maximum atomic E-state index is 13.7. The zero-order valence-electron chi connectivity index (χ0n) is 17.8. The van der Waals surface area contributed by atoms with E-state index in [2.05, 4.69) is 19.2 Å². The Balaban J connectivity index is 1.56. The highest BCUT2D eigenvalue weighted by molar-refractivity contribution is 6.31. The van der Waals surface area contributed by atoms with Crippen LogP contribution in [0, 0.1) is 17.7 Å². The van der Waals surface area contributed by atoms with Gasteiger partial charge in [-0.1, -0.05) is 54.7 Å². The van der Waals surface area contributed by atoms with Crippen LogP contribution in [-0.4, -0.2) is 17.6 Å². The van der Waals surface area contributed by atoms with Crippen LogP contribution < -0.4 is 5.32 Å². The van der Waals surface area contributed by atoms with Gasteiger partial charge in [-0.15, -0.1) is 0 Å². The number of ether oxygens (including phenoxy) is 1. The van der Waals surface area contributed by atoms with Crippen LogP contribution in [-0.2, 0) is 16.0 Å². The average molecular weight is 464 g/mol. The van der Waals surface area contributed by atoms with Gasteiger partial charge in [0.15, 0.2) is 0 Å². The molecule has 3 nitrogen and oxygen atoms in total. The molecule has 0 unspecified atom stereocenters. The van der Waals surface area contributed by atoms with Gasteiger partial charge in [0.2, 0.25) is 5.91 Å². The lowest BCUT2D eigenvalue weighted by atomic mass is 9.66. The van der Waals surface area contributed by atoms with E-state index in [9.17, 15) is 9.18 Å². The van der Waals surface area contributed by atoms with Crippen LogP contribution in [0.2, 0.25) is 10.0 Å². The third-order valence-electron chi connectivity index (χ3n) is 6.84. The number of amides is 1. The van der Waals surface area contributed by atoms with E-state index in [1.807, 2.05) is 12.1 Å². The van der Waals surface area contributed by atoms with Crippen LogP contribution in [0.25, 0.3) is 0 Å². The molecule has 2 aromatic carbocycles. The Bertz CT molecular complexity index is 951. The van der Waals surface area contributed by atoms with Crippen LogP contribution in [0.5, 0.6) is 0 Å². The number of rotatable bonds is 4. The number of nitrogens with one attached hydrogen (secondary N) is 1. The number of benzene rings is 2. The third-order valence-corrected chi connectivity index (χ3v) is 7.38. The Morgan fingerprint density at radius 1 is 1.19 bits per heavy atom. The maximum Gasteiger partial charge on any atom is 0.224 e. The maximum absolute atomic E-state index is 13.7. The van der Waals surface area contributed by atoms with Crippen molar-refractivity contribution in [2.75, 3.05) is 0 Å². The Hall–Kier alpha value is -1.62. The van der Waals surface area contributed by atoms with E-state index in [4.69, 9.17) is 27.9 Å². The van der Waals surface area contributed by atoms with E-state index in [0.29, 0.717) is 23.8 Å². The summed E-state index contributed by atoms with van der Waals surface area (Å²) in [6.45, 7) is 4.37. The first-order chi connectivity index (χ1) is 14.7. The number of hydrogen-bond donors (Lipinski definition) is 1. The smallest absolute Gasteiger partial charge is 0.224 e. The van der Waals surface area contributed by atoms with Crippen LogP contribution in [0.3, 0.4) is 0 Å². The highest BCUT2D eigenvalue weighted by atomic mass is 35.5. The Labute approximate surface area is 193 Å². The summed E-state index contributed by atoms with van der Waals surface area (Å²) in [5.74, 6) is 0.361. The first kappa shape index (κ1) is 22.6. The molecule has 6 heteroatoms. The van der Waals surface area contributed by atoms with Crippen LogP contribution >= 0.6 is 23.2 Å². The normalized spacial score (nSPS) is 30.5. The summed E-state index contributed by atoms with van der Waals surface area (Å²) in [6.07, 6.45) is 3.82. The molecule has 2 fully saturated rings. The molecule has 2 aromatic rings. The topological polar surface area (TPSA) is 38.3 Å². The molecular weight excluding hydrogens is 436 g/mol. The molecule has 0 radical (unpaired) electrons. The average Bonchev–Trinajstić information content (AvgIpc) is 2.71. The van der Waals surface area contributed by atoms with Crippen molar-refractivity contribution in [1.29, 1.82) is 0 Å². The molecule has 1 amide bonds. The van der Waals surface area contributed by atoms with Crippen molar-refractivity contribution in [3.8, 4) is 0 Å². The standard InChI is InChI=1S/C25H28Cl2FNO2/c1-15-3-9-19-22(11-15)31-23(17-6-10-21(28)20(27)13-17)14-25(19,2)29-24(30)12-16-4-7-18(26)8-5-16/h4-8,10,13,15,19,22-23H,3,9,11-12,14H2,1-2H3,(H,29,30)/t15-,19-,22-,23-,25-/m0/s1.